The van der Waals surface area contributed by atoms with Gasteiger partial charge in [-0.3, -0.25) is 13.8 Å². The molecule has 0 spiro atoms. The first kappa shape index (κ1) is 60.3. The number of phosphoric ester groups is 1. The predicted octanol–water partition coefficient (Wildman–Crippen LogP) is 10.7. The molecule has 1 fully saturated rings. The maximum Gasteiger partial charge on any atom is 0.472 e. The third-order valence-corrected chi connectivity index (χ3v) is 11.7. The molecule has 0 aliphatic heterocycles. The molecule has 0 saturated heterocycles. The standard InChI is InChI=1S/C52H87O12P/c1-3-5-7-9-11-13-15-17-19-21-22-23-24-25-27-29-31-33-35-37-39-41-46(53)63-45(44-62-65(59,60)64-52-50(57)48(55)47(54)49(56)51(52)58)43-61-42-40-38-36-34-32-30-28-26-20-18-16-14-12-10-8-6-4-2/h5,7,11,13-14,16-17,19-20,22-23,25-27,31,33,45,47-52,54-58H,3-4,6,8-10,12,15,18,21,24,28-30,32,34-44H2,1-2H3,(H,59,60)/b7-5-,13-11-,16-14-,19-17-,23-22-,26-20-,27-25-,33-31-. The minimum absolute atomic E-state index is 0.108. The number of hydrogen-bond donors (Lipinski definition) is 6. The number of carbonyl (C=O) groups excluding carboxylic acids is 1. The monoisotopic (exact) mass is 935 g/mol. The quantitative estimate of drug-likeness (QED) is 0.0148. The normalized spacial score (nSPS) is 22.4. The fourth-order valence-electron chi connectivity index (χ4n) is 6.80. The number of carbonyl (C=O) groups is 1. The van der Waals surface area contributed by atoms with Gasteiger partial charge in [0.1, 0.15) is 42.7 Å². The fraction of sp³-hybridized carbons (Fsp3) is 0.673. The first-order valence-corrected chi connectivity index (χ1v) is 26.1. The van der Waals surface area contributed by atoms with Crippen LogP contribution in [0.4, 0.5) is 0 Å². The Hall–Kier alpha value is -2.74. The van der Waals surface area contributed by atoms with Gasteiger partial charge in [-0.25, -0.2) is 4.57 Å². The van der Waals surface area contributed by atoms with Gasteiger partial charge < -0.3 is 39.9 Å². The van der Waals surface area contributed by atoms with Crippen molar-refractivity contribution in [1.29, 1.82) is 0 Å². The Bertz CT molecular complexity index is 1440. The van der Waals surface area contributed by atoms with Gasteiger partial charge in [0.15, 0.2) is 0 Å². The van der Waals surface area contributed by atoms with E-state index in [0.717, 1.165) is 103 Å². The molecule has 1 aliphatic rings. The number of phosphoric acid groups is 1. The van der Waals surface area contributed by atoms with Crippen LogP contribution in [0, 0.1) is 0 Å². The summed E-state index contributed by atoms with van der Waals surface area (Å²) in [4.78, 5) is 23.2. The Morgan fingerprint density at radius 3 is 1.38 bits per heavy atom. The zero-order valence-electron chi connectivity index (χ0n) is 39.7. The number of aliphatic hydroxyl groups excluding tert-OH is 5. The lowest BCUT2D eigenvalue weighted by Crippen LogP contribution is -2.64. The van der Waals surface area contributed by atoms with Crippen LogP contribution in [0.25, 0.3) is 0 Å². The molecule has 6 atom stereocenters. The van der Waals surface area contributed by atoms with E-state index in [1.807, 2.05) is 0 Å². The molecule has 65 heavy (non-hydrogen) atoms. The zero-order valence-corrected chi connectivity index (χ0v) is 40.6. The van der Waals surface area contributed by atoms with Crippen molar-refractivity contribution in [1.82, 2.24) is 0 Å². The van der Waals surface area contributed by atoms with Crippen molar-refractivity contribution >= 4 is 13.8 Å². The van der Waals surface area contributed by atoms with Gasteiger partial charge in [0.05, 0.1) is 13.2 Å². The molecule has 0 aromatic heterocycles. The SMILES string of the molecule is CC/C=C\C/C=C\C/C=C\C/C=C\C/C=C\C/C=C\CCCCC(=O)OC(COCCCCCCCC/C=C\C/C=C\CCCCCC)COP(=O)(O)OC1C(O)C(O)C(O)C(O)C1O. The van der Waals surface area contributed by atoms with Gasteiger partial charge in [-0.05, 0) is 96.3 Å². The van der Waals surface area contributed by atoms with Gasteiger partial charge in [-0.2, -0.15) is 0 Å². The molecule has 0 heterocycles. The van der Waals surface area contributed by atoms with Crippen molar-refractivity contribution < 1.29 is 58.3 Å². The highest BCUT2D eigenvalue weighted by molar-refractivity contribution is 7.47. The second kappa shape index (κ2) is 41.4. The van der Waals surface area contributed by atoms with Gasteiger partial charge >= 0.3 is 13.8 Å². The molecule has 1 aliphatic carbocycles. The van der Waals surface area contributed by atoms with Crippen LogP contribution in [0.2, 0.25) is 0 Å². The summed E-state index contributed by atoms with van der Waals surface area (Å²) in [5, 5.41) is 50.3. The van der Waals surface area contributed by atoms with E-state index in [4.69, 9.17) is 18.5 Å². The summed E-state index contributed by atoms with van der Waals surface area (Å²) < 4.78 is 34.2. The Morgan fingerprint density at radius 1 is 0.508 bits per heavy atom. The second-order valence-electron chi connectivity index (χ2n) is 16.6. The third-order valence-electron chi connectivity index (χ3n) is 10.7. The molecule has 0 amide bonds. The molecule has 0 aromatic rings. The van der Waals surface area contributed by atoms with Gasteiger partial charge in [0.2, 0.25) is 0 Å². The van der Waals surface area contributed by atoms with Crippen molar-refractivity contribution in [2.75, 3.05) is 19.8 Å². The summed E-state index contributed by atoms with van der Waals surface area (Å²) in [7, 11) is -5.04. The van der Waals surface area contributed by atoms with Gasteiger partial charge in [0, 0.05) is 13.0 Å². The minimum Gasteiger partial charge on any atom is -0.457 e. The molecule has 6 N–H and O–H groups in total. The lowest BCUT2D eigenvalue weighted by atomic mass is 9.85. The van der Waals surface area contributed by atoms with E-state index in [0.29, 0.717) is 13.0 Å². The molecule has 6 unspecified atom stereocenters. The molecule has 12 nitrogen and oxygen atoms in total. The van der Waals surface area contributed by atoms with E-state index in [1.54, 1.807) is 0 Å². The molecule has 372 valence electrons. The summed E-state index contributed by atoms with van der Waals surface area (Å²) >= 11 is 0. The highest BCUT2D eigenvalue weighted by atomic mass is 31.2. The van der Waals surface area contributed by atoms with Crippen molar-refractivity contribution in [3.63, 3.8) is 0 Å². The summed E-state index contributed by atoms with van der Waals surface area (Å²) in [5.41, 5.74) is 0. The van der Waals surface area contributed by atoms with E-state index in [-0.39, 0.29) is 13.0 Å². The Kier molecular flexibility index (Phi) is 38.4. The number of allylic oxidation sites excluding steroid dienone is 16. The number of hydrogen-bond acceptors (Lipinski definition) is 11. The zero-order chi connectivity index (χ0) is 47.6. The van der Waals surface area contributed by atoms with Crippen LogP contribution in [0.15, 0.2) is 97.2 Å². The highest BCUT2D eigenvalue weighted by Crippen LogP contribution is 2.47. The lowest BCUT2D eigenvalue weighted by Gasteiger charge is -2.41. The lowest BCUT2D eigenvalue weighted by molar-refractivity contribution is -0.220. The van der Waals surface area contributed by atoms with E-state index in [1.165, 1.54) is 32.1 Å². The molecule has 0 aromatic carbocycles. The van der Waals surface area contributed by atoms with E-state index < -0.39 is 63.1 Å². The molecule has 0 bridgehead atoms. The first-order chi connectivity index (χ1) is 31.5. The van der Waals surface area contributed by atoms with Crippen LogP contribution in [0.1, 0.15) is 162 Å². The summed E-state index contributed by atoms with van der Waals surface area (Å²) in [6.45, 7) is 4.04. The first-order valence-electron chi connectivity index (χ1n) is 24.6. The molecule has 1 saturated carbocycles. The van der Waals surface area contributed by atoms with Crippen LogP contribution < -0.4 is 0 Å². The molecule has 0 radical (unpaired) electrons. The summed E-state index contributed by atoms with van der Waals surface area (Å²) in [5.74, 6) is -0.527. The summed E-state index contributed by atoms with van der Waals surface area (Å²) in [6.07, 6.45) is 44.7. The fourth-order valence-corrected chi connectivity index (χ4v) is 7.77. The van der Waals surface area contributed by atoms with Crippen molar-refractivity contribution in [2.45, 2.75) is 204 Å². The predicted molar refractivity (Wildman–Crippen MR) is 262 cm³/mol. The average molecular weight is 935 g/mol. The maximum atomic E-state index is 12.8. The van der Waals surface area contributed by atoms with Crippen LogP contribution >= 0.6 is 7.82 Å². The summed E-state index contributed by atoms with van der Waals surface area (Å²) in [6, 6.07) is 0. The van der Waals surface area contributed by atoms with Gasteiger partial charge in [-0.1, -0.05) is 156 Å². The largest absolute Gasteiger partial charge is 0.472 e. The Balaban J connectivity index is 2.43. The molecular weight excluding hydrogens is 848 g/mol. The van der Waals surface area contributed by atoms with Gasteiger partial charge in [0.25, 0.3) is 0 Å². The number of ether oxygens (including phenoxy) is 2. The van der Waals surface area contributed by atoms with E-state index in [2.05, 4.69) is 111 Å². The van der Waals surface area contributed by atoms with Crippen molar-refractivity contribution in [2.24, 2.45) is 0 Å². The Morgan fingerprint density at radius 2 is 0.908 bits per heavy atom. The van der Waals surface area contributed by atoms with Crippen molar-refractivity contribution in [3.8, 4) is 0 Å². The van der Waals surface area contributed by atoms with E-state index in [9.17, 15) is 39.8 Å². The molecule has 1 rings (SSSR count). The van der Waals surface area contributed by atoms with Gasteiger partial charge in [-0.15, -0.1) is 0 Å². The minimum atomic E-state index is -5.04. The average Bonchev–Trinajstić information content (AvgIpc) is 3.29. The number of aliphatic hydroxyl groups is 5. The highest BCUT2D eigenvalue weighted by Gasteiger charge is 2.51. The second-order valence-corrected chi connectivity index (χ2v) is 18.0. The number of esters is 1. The van der Waals surface area contributed by atoms with Crippen LogP contribution in [-0.4, -0.2) is 98.9 Å². The smallest absolute Gasteiger partial charge is 0.457 e. The van der Waals surface area contributed by atoms with Crippen LogP contribution in [-0.2, 0) is 27.9 Å². The third kappa shape index (κ3) is 33.4. The maximum absolute atomic E-state index is 12.8. The number of unbranched alkanes of at least 4 members (excludes halogenated alkanes) is 12. The topological polar surface area (TPSA) is 192 Å². The van der Waals surface area contributed by atoms with Crippen LogP contribution in [0.5, 0.6) is 0 Å². The van der Waals surface area contributed by atoms with E-state index >= 15 is 0 Å². The molecule has 13 heteroatoms. The van der Waals surface area contributed by atoms with Crippen molar-refractivity contribution in [3.05, 3.63) is 97.2 Å². The molecular formula is C52H87O12P. The Labute approximate surface area is 392 Å². The van der Waals surface area contributed by atoms with Crippen LogP contribution in [0.3, 0.4) is 0 Å². The number of rotatable bonds is 40.